The molecule has 0 fully saturated rings. The lowest BCUT2D eigenvalue weighted by atomic mass is 10.2. The van der Waals surface area contributed by atoms with E-state index in [4.69, 9.17) is 26.9 Å². The molecule has 12 heteroatoms. The van der Waals surface area contributed by atoms with Crippen LogP contribution in [0.2, 0.25) is 5.02 Å². The van der Waals surface area contributed by atoms with Crippen LogP contribution >= 0.6 is 34.7 Å². The third-order valence-electron chi connectivity index (χ3n) is 6.12. The van der Waals surface area contributed by atoms with Gasteiger partial charge in [0.2, 0.25) is 5.91 Å². The van der Waals surface area contributed by atoms with Crippen molar-refractivity contribution in [1.82, 2.24) is 19.9 Å². The molecule has 3 heterocycles. The minimum absolute atomic E-state index is 0.0123. The minimum Gasteiger partial charge on any atom is -0.455 e. The Kier molecular flexibility index (Phi) is 9.31. The van der Waals surface area contributed by atoms with Gasteiger partial charge < -0.3 is 19.9 Å². The van der Waals surface area contributed by atoms with Crippen LogP contribution in [0.5, 0.6) is 11.5 Å². The number of amides is 1. The van der Waals surface area contributed by atoms with Gasteiger partial charge in [-0.3, -0.25) is 15.3 Å². The second-order valence-electron chi connectivity index (χ2n) is 8.90. The van der Waals surface area contributed by atoms with Crippen molar-refractivity contribution in [3.05, 3.63) is 71.5 Å². The van der Waals surface area contributed by atoms with E-state index in [-0.39, 0.29) is 5.91 Å². The summed E-state index contributed by atoms with van der Waals surface area (Å²) >= 11 is 9.80. The van der Waals surface area contributed by atoms with Crippen LogP contribution in [0.1, 0.15) is 13.8 Å². The molecule has 9 nitrogen and oxygen atoms in total. The zero-order valence-corrected chi connectivity index (χ0v) is 23.9. The van der Waals surface area contributed by atoms with Crippen molar-refractivity contribution in [3.8, 4) is 11.5 Å². The number of anilines is 2. The first kappa shape index (κ1) is 28.7. The average Bonchev–Trinajstić information content (AvgIpc) is 3.60. The van der Waals surface area contributed by atoms with E-state index in [1.165, 1.54) is 18.1 Å². The Morgan fingerprint density at radius 1 is 1.15 bits per heavy atom. The molecule has 2 aromatic carbocycles. The summed E-state index contributed by atoms with van der Waals surface area (Å²) in [6.45, 7) is 4.91. The van der Waals surface area contributed by atoms with E-state index in [0.29, 0.717) is 29.7 Å². The van der Waals surface area contributed by atoms with E-state index >= 15 is 0 Å². The van der Waals surface area contributed by atoms with Crippen LogP contribution in [0.4, 0.5) is 11.5 Å². The van der Waals surface area contributed by atoms with Gasteiger partial charge in [-0.25, -0.2) is 9.97 Å². The molecule has 0 spiro atoms. The van der Waals surface area contributed by atoms with E-state index < -0.39 is 4.75 Å². The van der Waals surface area contributed by atoms with E-state index in [1.54, 1.807) is 11.3 Å². The predicted octanol–water partition coefficient (Wildman–Crippen LogP) is 7.11. The van der Waals surface area contributed by atoms with Crippen molar-refractivity contribution < 1.29 is 20.0 Å². The molecule has 0 aliphatic rings. The van der Waals surface area contributed by atoms with Crippen molar-refractivity contribution in [3.63, 3.8) is 0 Å². The molecule has 5 rings (SSSR count). The SMILES string of the molecule is CSC(C)(C)C(=O)NCCn1ccc2ncnc(Nc3ccc(Oc4cccc5sccc45)c(Cl)c3)c21.OO. The summed E-state index contributed by atoms with van der Waals surface area (Å²) < 4.78 is 8.86. The van der Waals surface area contributed by atoms with Crippen LogP contribution in [0.25, 0.3) is 21.1 Å². The highest BCUT2D eigenvalue weighted by atomic mass is 35.5. The summed E-state index contributed by atoms with van der Waals surface area (Å²) in [4.78, 5) is 21.3. The molecule has 0 bridgehead atoms. The number of benzene rings is 2. The zero-order chi connectivity index (χ0) is 28.0. The first-order chi connectivity index (χ1) is 18.9. The van der Waals surface area contributed by atoms with Gasteiger partial charge in [0.25, 0.3) is 0 Å². The number of aromatic nitrogens is 3. The largest absolute Gasteiger partial charge is 0.455 e. The van der Waals surface area contributed by atoms with Gasteiger partial charge in [0.05, 0.1) is 15.3 Å². The van der Waals surface area contributed by atoms with Crippen molar-refractivity contribution in [1.29, 1.82) is 0 Å². The van der Waals surface area contributed by atoms with E-state index in [1.807, 2.05) is 78.7 Å². The van der Waals surface area contributed by atoms with Gasteiger partial charge in [0, 0.05) is 35.1 Å². The molecule has 3 aromatic heterocycles. The fraction of sp³-hybridized carbons (Fsp3) is 0.222. The first-order valence-corrected chi connectivity index (χ1v) is 14.4. The third-order valence-corrected chi connectivity index (χ3v) is 8.50. The number of carbonyl (C=O) groups excluding carboxylic acids is 1. The molecule has 0 radical (unpaired) electrons. The van der Waals surface area contributed by atoms with Crippen LogP contribution in [0.15, 0.2) is 66.4 Å². The normalized spacial score (nSPS) is 11.2. The molecule has 0 atom stereocenters. The Bertz CT molecular complexity index is 1590. The van der Waals surface area contributed by atoms with Gasteiger partial charge >= 0.3 is 0 Å². The summed E-state index contributed by atoms with van der Waals surface area (Å²) in [5.41, 5.74) is 2.43. The maximum absolute atomic E-state index is 12.4. The van der Waals surface area contributed by atoms with E-state index in [0.717, 1.165) is 32.6 Å². The summed E-state index contributed by atoms with van der Waals surface area (Å²) in [7, 11) is 0. The number of halogens is 1. The standard InChI is InChI=1S/C27H26ClN5O2S2.H2O2/c1-27(2,36-3)26(34)29-11-13-33-12-9-20-24(33)25(31-16-30-20)32-17-7-8-22(19(28)15-17)35-21-5-4-6-23-18(21)10-14-37-23;1-2/h4-10,12,14-16H,11,13H2,1-3H3,(H,29,34)(H,30,31,32);1-2H. The Hall–Kier alpha value is -3.35. The highest BCUT2D eigenvalue weighted by Crippen LogP contribution is 2.37. The summed E-state index contributed by atoms with van der Waals surface area (Å²) in [6.07, 6.45) is 5.41. The van der Waals surface area contributed by atoms with Gasteiger partial charge in [-0.15, -0.1) is 23.1 Å². The molecule has 204 valence electrons. The van der Waals surface area contributed by atoms with Crippen LogP contribution in [0, 0.1) is 0 Å². The molecular formula is C27H28ClN5O4S2. The smallest absolute Gasteiger partial charge is 0.235 e. The lowest BCUT2D eigenvalue weighted by Crippen LogP contribution is -2.40. The summed E-state index contributed by atoms with van der Waals surface area (Å²) in [5.74, 6) is 2.01. The Morgan fingerprint density at radius 2 is 1.97 bits per heavy atom. The molecule has 0 aliphatic carbocycles. The van der Waals surface area contributed by atoms with Gasteiger partial charge in [-0.2, -0.15) is 0 Å². The van der Waals surface area contributed by atoms with Crippen LogP contribution in [0.3, 0.4) is 0 Å². The monoisotopic (exact) mass is 585 g/mol. The molecule has 5 aromatic rings. The number of thiophene rings is 1. The quantitative estimate of drug-likeness (QED) is 0.107. The number of nitrogens with one attached hydrogen (secondary N) is 2. The lowest BCUT2D eigenvalue weighted by Gasteiger charge is -2.21. The average molecular weight is 586 g/mol. The number of hydrogen-bond acceptors (Lipinski definition) is 9. The Labute approximate surface area is 238 Å². The van der Waals surface area contributed by atoms with Crippen molar-refractivity contribution in [2.24, 2.45) is 0 Å². The van der Waals surface area contributed by atoms with Crippen LogP contribution in [-0.4, -0.2) is 48.5 Å². The molecule has 0 aliphatic heterocycles. The van der Waals surface area contributed by atoms with Crippen molar-refractivity contribution >= 4 is 73.2 Å². The van der Waals surface area contributed by atoms with Gasteiger partial charge in [0.15, 0.2) is 5.82 Å². The molecule has 0 saturated heterocycles. The van der Waals surface area contributed by atoms with Crippen LogP contribution < -0.4 is 15.4 Å². The fourth-order valence-corrected chi connectivity index (χ4v) is 5.16. The Morgan fingerprint density at radius 3 is 2.74 bits per heavy atom. The highest BCUT2D eigenvalue weighted by molar-refractivity contribution is 8.00. The maximum atomic E-state index is 12.4. The van der Waals surface area contributed by atoms with Crippen molar-refractivity contribution in [2.45, 2.75) is 25.1 Å². The number of fused-ring (bicyclic) bond motifs is 2. The zero-order valence-electron chi connectivity index (χ0n) is 21.5. The maximum Gasteiger partial charge on any atom is 0.235 e. The number of hydrogen-bond donors (Lipinski definition) is 4. The summed E-state index contributed by atoms with van der Waals surface area (Å²) in [6, 6.07) is 15.5. The number of ether oxygens (including phenoxy) is 1. The second kappa shape index (κ2) is 12.7. The molecule has 0 saturated carbocycles. The van der Waals surface area contributed by atoms with Gasteiger partial charge in [-0.1, -0.05) is 17.7 Å². The topological polar surface area (TPSA) is 122 Å². The van der Waals surface area contributed by atoms with E-state index in [9.17, 15) is 4.79 Å². The Balaban J connectivity index is 0.00000172. The van der Waals surface area contributed by atoms with Crippen molar-refractivity contribution in [2.75, 3.05) is 18.1 Å². The van der Waals surface area contributed by atoms with Gasteiger partial charge in [-0.05, 0) is 67.9 Å². The second-order valence-corrected chi connectivity index (χ2v) is 11.7. The third kappa shape index (κ3) is 6.45. The minimum atomic E-state index is -0.472. The fourth-order valence-electron chi connectivity index (χ4n) is 3.88. The predicted molar refractivity (Wildman–Crippen MR) is 160 cm³/mol. The summed E-state index contributed by atoms with van der Waals surface area (Å²) in [5, 5.41) is 22.0. The molecular weight excluding hydrogens is 558 g/mol. The number of rotatable bonds is 9. The van der Waals surface area contributed by atoms with E-state index in [2.05, 4.69) is 26.7 Å². The molecule has 0 unspecified atom stereocenters. The van der Waals surface area contributed by atoms with Crippen LogP contribution in [-0.2, 0) is 11.3 Å². The molecule has 4 N–H and O–H groups in total. The number of thioether (sulfide) groups is 1. The highest BCUT2D eigenvalue weighted by Gasteiger charge is 2.25. The number of nitrogens with zero attached hydrogens (tertiary/aromatic N) is 3. The van der Waals surface area contributed by atoms with Gasteiger partial charge in [0.1, 0.15) is 23.3 Å². The number of carbonyl (C=O) groups is 1. The lowest BCUT2D eigenvalue weighted by molar-refractivity contribution is -0.176. The molecule has 1 amide bonds. The first-order valence-electron chi connectivity index (χ1n) is 11.9. The molecule has 39 heavy (non-hydrogen) atoms.